The lowest BCUT2D eigenvalue weighted by Crippen LogP contribution is -2.31. The van der Waals surface area contributed by atoms with E-state index in [9.17, 15) is 4.79 Å². The van der Waals surface area contributed by atoms with Crippen LogP contribution in [0, 0.1) is 11.8 Å². The van der Waals surface area contributed by atoms with E-state index in [-0.39, 0.29) is 5.91 Å². The number of nitrogens with zero attached hydrogens (tertiary/aromatic N) is 1. The van der Waals surface area contributed by atoms with E-state index in [4.69, 9.17) is 5.73 Å². The van der Waals surface area contributed by atoms with E-state index >= 15 is 0 Å². The predicted octanol–water partition coefficient (Wildman–Crippen LogP) is 1.80. The number of amides is 1. The Hall–Kier alpha value is -1.55. The molecular formula is C14H21N3O. The van der Waals surface area contributed by atoms with Crippen LogP contribution >= 0.6 is 0 Å². The molecule has 4 heteroatoms. The Morgan fingerprint density at radius 3 is 2.39 bits per heavy atom. The van der Waals surface area contributed by atoms with Gasteiger partial charge in [-0.1, -0.05) is 13.8 Å². The van der Waals surface area contributed by atoms with E-state index in [1.807, 2.05) is 12.1 Å². The summed E-state index contributed by atoms with van der Waals surface area (Å²) in [5.74, 6) is 1.39. The van der Waals surface area contributed by atoms with Crippen molar-refractivity contribution in [1.82, 2.24) is 4.90 Å². The lowest BCUT2D eigenvalue weighted by atomic mass is 10.0. The largest absolute Gasteiger partial charge is 0.399 e. The zero-order valence-corrected chi connectivity index (χ0v) is 11.0. The van der Waals surface area contributed by atoms with E-state index in [0.717, 1.165) is 18.8 Å². The molecule has 1 amide bonds. The molecule has 98 valence electrons. The second-order valence-electron chi connectivity index (χ2n) is 5.32. The Labute approximate surface area is 108 Å². The first-order valence-electron chi connectivity index (χ1n) is 6.42. The van der Waals surface area contributed by atoms with E-state index in [0.29, 0.717) is 24.1 Å². The monoisotopic (exact) mass is 247 g/mol. The van der Waals surface area contributed by atoms with Gasteiger partial charge in [-0.25, -0.2) is 0 Å². The Morgan fingerprint density at radius 1 is 1.28 bits per heavy atom. The molecule has 18 heavy (non-hydrogen) atoms. The summed E-state index contributed by atoms with van der Waals surface area (Å²) in [7, 11) is 0. The first-order valence-corrected chi connectivity index (χ1v) is 6.42. The van der Waals surface area contributed by atoms with E-state index in [2.05, 4.69) is 24.1 Å². The number of benzene rings is 1. The zero-order valence-electron chi connectivity index (χ0n) is 11.0. The van der Waals surface area contributed by atoms with Gasteiger partial charge < -0.3 is 11.1 Å². The summed E-state index contributed by atoms with van der Waals surface area (Å²) in [6.07, 6.45) is 0. The third kappa shape index (κ3) is 3.23. The molecule has 1 aromatic rings. The fourth-order valence-corrected chi connectivity index (χ4v) is 2.35. The topological polar surface area (TPSA) is 58.4 Å². The average Bonchev–Trinajstić information content (AvgIpc) is 2.61. The van der Waals surface area contributed by atoms with Crippen molar-refractivity contribution >= 4 is 17.3 Å². The summed E-state index contributed by atoms with van der Waals surface area (Å²) < 4.78 is 0. The first-order chi connectivity index (χ1) is 8.54. The molecule has 3 N–H and O–H groups in total. The summed E-state index contributed by atoms with van der Waals surface area (Å²) >= 11 is 0. The second kappa shape index (κ2) is 5.40. The van der Waals surface area contributed by atoms with Crippen LogP contribution in [0.4, 0.5) is 11.4 Å². The quantitative estimate of drug-likeness (QED) is 0.801. The predicted molar refractivity (Wildman–Crippen MR) is 74.3 cm³/mol. The standard InChI is InChI=1S/C14H21N3O/c1-10-7-17(8-11(10)2)9-14(18)16-13-5-3-12(15)4-6-13/h3-6,10-11H,7-9,15H2,1-2H3,(H,16,18). The minimum Gasteiger partial charge on any atom is -0.399 e. The van der Waals surface area contributed by atoms with Gasteiger partial charge in [-0.3, -0.25) is 9.69 Å². The Kier molecular flexibility index (Phi) is 3.87. The van der Waals surface area contributed by atoms with Crippen molar-refractivity contribution < 1.29 is 4.79 Å². The molecule has 0 radical (unpaired) electrons. The number of carbonyl (C=O) groups excluding carboxylic acids is 1. The number of carbonyl (C=O) groups is 1. The Bertz CT molecular complexity index is 406. The molecule has 2 rings (SSSR count). The molecule has 2 atom stereocenters. The smallest absolute Gasteiger partial charge is 0.238 e. The van der Waals surface area contributed by atoms with Crippen molar-refractivity contribution in [2.45, 2.75) is 13.8 Å². The molecule has 0 saturated carbocycles. The molecule has 0 bridgehead atoms. The van der Waals surface area contributed by atoms with Crippen molar-refractivity contribution in [3.05, 3.63) is 24.3 Å². The maximum Gasteiger partial charge on any atom is 0.238 e. The average molecular weight is 247 g/mol. The van der Waals surface area contributed by atoms with Gasteiger partial charge in [0.05, 0.1) is 6.54 Å². The summed E-state index contributed by atoms with van der Waals surface area (Å²) in [6.45, 7) is 6.97. The maximum atomic E-state index is 11.9. The molecule has 4 nitrogen and oxygen atoms in total. The van der Waals surface area contributed by atoms with Crippen LogP contribution in [0.5, 0.6) is 0 Å². The van der Waals surface area contributed by atoms with Gasteiger partial charge in [-0.2, -0.15) is 0 Å². The number of nitrogens with one attached hydrogen (secondary N) is 1. The van der Waals surface area contributed by atoms with Gasteiger partial charge in [0, 0.05) is 24.5 Å². The van der Waals surface area contributed by atoms with Crippen LogP contribution in [-0.2, 0) is 4.79 Å². The molecule has 0 aliphatic carbocycles. The van der Waals surface area contributed by atoms with Gasteiger partial charge in [0.1, 0.15) is 0 Å². The minimum absolute atomic E-state index is 0.0427. The van der Waals surface area contributed by atoms with Crippen molar-refractivity contribution in [1.29, 1.82) is 0 Å². The van der Waals surface area contributed by atoms with Gasteiger partial charge in [0.2, 0.25) is 5.91 Å². The minimum atomic E-state index is 0.0427. The Balaban J connectivity index is 1.84. The lowest BCUT2D eigenvalue weighted by Gasteiger charge is -2.15. The third-order valence-electron chi connectivity index (χ3n) is 3.63. The molecule has 1 fully saturated rings. The van der Waals surface area contributed by atoms with E-state index in [1.165, 1.54) is 0 Å². The number of nitrogens with two attached hydrogens (primary N) is 1. The fraction of sp³-hybridized carbons (Fsp3) is 0.500. The van der Waals surface area contributed by atoms with Crippen molar-refractivity contribution in [3.63, 3.8) is 0 Å². The van der Waals surface area contributed by atoms with Crippen LogP contribution in [0.15, 0.2) is 24.3 Å². The van der Waals surface area contributed by atoms with Crippen LogP contribution in [0.25, 0.3) is 0 Å². The molecule has 1 saturated heterocycles. The van der Waals surface area contributed by atoms with Crippen LogP contribution in [-0.4, -0.2) is 30.4 Å². The highest BCUT2D eigenvalue weighted by Crippen LogP contribution is 2.21. The molecule has 0 aromatic heterocycles. The summed E-state index contributed by atoms with van der Waals surface area (Å²) in [4.78, 5) is 14.1. The number of hydrogen-bond donors (Lipinski definition) is 2. The molecule has 1 heterocycles. The maximum absolute atomic E-state index is 11.9. The normalized spacial score (nSPS) is 24.1. The molecular weight excluding hydrogens is 226 g/mol. The highest BCUT2D eigenvalue weighted by Gasteiger charge is 2.26. The molecule has 2 unspecified atom stereocenters. The molecule has 1 aromatic carbocycles. The van der Waals surface area contributed by atoms with E-state index < -0.39 is 0 Å². The van der Waals surface area contributed by atoms with Crippen LogP contribution in [0.3, 0.4) is 0 Å². The van der Waals surface area contributed by atoms with Crippen LogP contribution < -0.4 is 11.1 Å². The number of likely N-dealkylation sites (tertiary alicyclic amines) is 1. The number of hydrogen-bond acceptors (Lipinski definition) is 3. The summed E-state index contributed by atoms with van der Waals surface area (Å²) in [5, 5.41) is 2.89. The van der Waals surface area contributed by atoms with Gasteiger partial charge in [-0.15, -0.1) is 0 Å². The highest BCUT2D eigenvalue weighted by molar-refractivity contribution is 5.92. The fourth-order valence-electron chi connectivity index (χ4n) is 2.35. The number of nitrogen functional groups attached to an aromatic ring is 1. The van der Waals surface area contributed by atoms with Crippen LogP contribution in [0.1, 0.15) is 13.8 Å². The third-order valence-corrected chi connectivity index (χ3v) is 3.63. The van der Waals surface area contributed by atoms with Crippen molar-refractivity contribution in [2.75, 3.05) is 30.7 Å². The summed E-state index contributed by atoms with van der Waals surface area (Å²) in [6, 6.07) is 7.22. The van der Waals surface area contributed by atoms with Crippen molar-refractivity contribution in [3.8, 4) is 0 Å². The zero-order chi connectivity index (χ0) is 13.1. The Morgan fingerprint density at radius 2 is 1.83 bits per heavy atom. The number of anilines is 2. The first kappa shape index (κ1) is 12.9. The van der Waals surface area contributed by atoms with Gasteiger partial charge in [0.25, 0.3) is 0 Å². The molecule has 1 aliphatic rings. The summed E-state index contributed by atoms with van der Waals surface area (Å²) in [5.41, 5.74) is 7.10. The van der Waals surface area contributed by atoms with Crippen molar-refractivity contribution in [2.24, 2.45) is 11.8 Å². The number of rotatable bonds is 3. The second-order valence-corrected chi connectivity index (χ2v) is 5.32. The highest BCUT2D eigenvalue weighted by atomic mass is 16.2. The van der Waals surface area contributed by atoms with Gasteiger partial charge in [0.15, 0.2) is 0 Å². The molecule has 0 spiro atoms. The van der Waals surface area contributed by atoms with Crippen LogP contribution in [0.2, 0.25) is 0 Å². The lowest BCUT2D eigenvalue weighted by molar-refractivity contribution is -0.117. The SMILES string of the molecule is CC1CN(CC(=O)Nc2ccc(N)cc2)CC1C. The van der Waals surface area contributed by atoms with Gasteiger partial charge in [-0.05, 0) is 36.1 Å². The van der Waals surface area contributed by atoms with E-state index in [1.54, 1.807) is 12.1 Å². The van der Waals surface area contributed by atoms with Gasteiger partial charge >= 0.3 is 0 Å². The molecule has 1 aliphatic heterocycles.